The topological polar surface area (TPSA) is 48.0 Å². The zero-order valence-corrected chi connectivity index (χ0v) is 11.7. The summed E-state index contributed by atoms with van der Waals surface area (Å²) in [5.41, 5.74) is 1.76. The van der Waals surface area contributed by atoms with Crippen molar-refractivity contribution in [3.63, 3.8) is 0 Å². The number of hydrogen-bond donors (Lipinski definition) is 0. The first-order chi connectivity index (χ1) is 10.6. The standard InChI is InChI=1S/C17H11FN2O2/c1-10-15-16(20(19-10)12-5-3-2-4-6-12)13-8-7-11(18)9-14(13)22-17(15)21/h2-9H,1H3. The highest BCUT2D eigenvalue weighted by molar-refractivity contribution is 6.03. The maximum Gasteiger partial charge on any atom is 0.347 e. The van der Waals surface area contributed by atoms with Crippen molar-refractivity contribution >= 4 is 21.9 Å². The van der Waals surface area contributed by atoms with Crippen LogP contribution in [0.2, 0.25) is 0 Å². The van der Waals surface area contributed by atoms with Crippen LogP contribution < -0.4 is 5.63 Å². The number of fused-ring (bicyclic) bond motifs is 3. The Kier molecular flexibility index (Phi) is 2.63. The van der Waals surface area contributed by atoms with Crippen LogP contribution in [0.3, 0.4) is 0 Å². The molecule has 4 nitrogen and oxygen atoms in total. The summed E-state index contributed by atoms with van der Waals surface area (Å²) >= 11 is 0. The van der Waals surface area contributed by atoms with Gasteiger partial charge in [-0.25, -0.2) is 13.9 Å². The van der Waals surface area contributed by atoms with Gasteiger partial charge in [0.1, 0.15) is 16.8 Å². The minimum Gasteiger partial charge on any atom is -0.422 e. The number of halogens is 1. The summed E-state index contributed by atoms with van der Waals surface area (Å²) in [6.07, 6.45) is 0. The van der Waals surface area contributed by atoms with Gasteiger partial charge in [0.05, 0.1) is 16.9 Å². The molecule has 0 bridgehead atoms. The lowest BCUT2D eigenvalue weighted by Gasteiger charge is -2.05. The number of aromatic nitrogens is 2. The molecule has 0 spiro atoms. The summed E-state index contributed by atoms with van der Waals surface area (Å²) in [5, 5.41) is 5.53. The van der Waals surface area contributed by atoms with Crippen LogP contribution in [-0.4, -0.2) is 9.78 Å². The second-order valence-electron chi connectivity index (χ2n) is 5.09. The Morgan fingerprint density at radius 1 is 1.14 bits per heavy atom. The van der Waals surface area contributed by atoms with E-state index in [9.17, 15) is 9.18 Å². The van der Waals surface area contributed by atoms with Gasteiger partial charge in [0.15, 0.2) is 0 Å². The van der Waals surface area contributed by atoms with Gasteiger partial charge in [-0.2, -0.15) is 5.10 Å². The molecule has 0 fully saturated rings. The number of hydrogen-bond acceptors (Lipinski definition) is 3. The molecule has 2 aromatic heterocycles. The summed E-state index contributed by atoms with van der Waals surface area (Å²) in [4.78, 5) is 12.2. The van der Waals surface area contributed by atoms with Gasteiger partial charge in [-0.3, -0.25) is 0 Å². The van der Waals surface area contributed by atoms with Crippen molar-refractivity contribution in [2.24, 2.45) is 0 Å². The van der Waals surface area contributed by atoms with Crippen molar-refractivity contribution in [1.82, 2.24) is 9.78 Å². The molecule has 22 heavy (non-hydrogen) atoms. The van der Waals surface area contributed by atoms with E-state index in [-0.39, 0.29) is 5.58 Å². The third kappa shape index (κ3) is 1.75. The molecule has 0 aliphatic heterocycles. The van der Waals surface area contributed by atoms with Crippen LogP contribution in [0, 0.1) is 12.7 Å². The van der Waals surface area contributed by atoms with E-state index >= 15 is 0 Å². The first-order valence-electron chi connectivity index (χ1n) is 6.82. The van der Waals surface area contributed by atoms with Crippen LogP contribution in [-0.2, 0) is 0 Å². The van der Waals surface area contributed by atoms with E-state index in [1.54, 1.807) is 17.7 Å². The maximum absolute atomic E-state index is 13.4. The summed E-state index contributed by atoms with van der Waals surface area (Å²) in [6.45, 7) is 1.76. The molecule has 0 saturated heterocycles. The fourth-order valence-corrected chi connectivity index (χ4v) is 2.70. The molecule has 0 radical (unpaired) electrons. The maximum atomic E-state index is 13.4. The highest BCUT2D eigenvalue weighted by Gasteiger charge is 2.17. The van der Waals surface area contributed by atoms with E-state index in [1.165, 1.54) is 12.1 Å². The Morgan fingerprint density at radius 2 is 1.91 bits per heavy atom. The lowest BCUT2D eigenvalue weighted by atomic mass is 10.1. The van der Waals surface area contributed by atoms with Crippen molar-refractivity contribution in [2.75, 3.05) is 0 Å². The number of nitrogens with zero attached hydrogens (tertiary/aromatic N) is 2. The molecule has 0 atom stereocenters. The van der Waals surface area contributed by atoms with Crippen molar-refractivity contribution in [3.05, 3.63) is 70.5 Å². The molecule has 108 valence electrons. The van der Waals surface area contributed by atoms with E-state index in [1.807, 2.05) is 30.3 Å². The van der Waals surface area contributed by atoms with Gasteiger partial charge in [-0.05, 0) is 31.2 Å². The fraction of sp³-hybridized carbons (Fsp3) is 0.0588. The average Bonchev–Trinajstić information content (AvgIpc) is 2.86. The zero-order chi connectivity index (χ0) is 15.3. The Labute approximate surface area is 124 Å². The molecule has 0 unspecified atom stereocenters. The third-order valence-electron chi connectivity index (χ3n) is 3.67. The molecule has 0 aliphatic carbocycles. The minimum atomic E-state index is -0.507. The second kappa shape index (κ2) is 4.53. The van der Waals surface area contributed by atoms with Gasteiger partial charge in [-0.1, -0.05) is 18.2 Å². The zero-order valence-electron chi connectivity index (χ0n) is 11.7. The molecular formula is C17H11FN2O2. The lowest BCUT2D eigenvalue weighted by Crippen LogP contribution is -2.02. The van der Waals surface area contributed by atoms with E-state index in [2.05, 4.69) is 5.10 Å². The Balaban J connectivity index is 2.24. The van der Waals surface area contributed by atoms with Gasteiger partial charge in [0.25, 0.3) is 0 Å². The van der Waals surface area contributed by atoms with Crippen molar-refractivity contribution in [1.29, 1.82) is 0 Å². The quantitative estimate of drug-likeness (QED) is 0.504. The normalized spacial score (nSPS) is 11.4. The van der Waals surface area contributed by atoms with Crippen molar-refractivity contribution in [2.45, 2.75) is 6.92 Å². The van der Waals surface area contributed by atoms with Crippen LogP contribution >= 0.6 is 0 Å². The molecule has 0 saturated carbocycles. The minimum absolute atomic E-state index is 0.217. The van der Waals surface area contributed by atoms with Crippen molar-refractivity contribution < 1.29 is 8.81 Å². The molecular weight excluding hydrogens is 283 g/mol. The second-order valence-corrected chi connectivity index (χ2v) is 5.09. The lowest BCUT2D eigenvalue weighted by molar-refractivity contribution is 0.561. The summed E-state index contributed by atoms with van der Waals surface area (Å²) in [6, 6.07) is 13.7. The molecule has 5 heteroatoms. The SMILES string of the molecule is Cc1nn(-c2ccccc2)c2c1c(=O)oc1cc(F)ccc12. The summed E-state index contributed by atoms with van der Waals surface area (Å²) < 4.78 is 20.3. The molecule has 0 N–H and O–H groups in total. The average molecular weight is 294 g/mol. The van der Waals surface area contributed by atoms with Gasteiger partial charge >= 0.3 is 5.63 Å². The highest BCUT2D eigenvalue weighted by Crippen LogP contribution is 2.27. The molecule has 4 aromatic rings. The number of rotatable bonds is 1. The van der Waals surface area contributed by atoms with Gasteiger partial charge in [-0.15, -0.1) is 0 Å². The van der Waals surface area contributed by atoms with Crippen LogP contribution in [0.25, 0.3) is 27.6 Å². The third-order valence-corrected chi connectivity index (χ3v) is 3.67. The predicted molar refractivity (Wildman–Crippen MR) is 81.8 cm³/mol. The fourth-order valence-electron chi connectivity index (χ4n) is 2.70. The smallest absolute Gasteiger partial charge is 0.347 e. The van der Waals surface area contributed by atoms with E-state index in [0.29, 0.717) is 22.0 Å². The van der Waals surface area contributed by atoms with E-state index < -0.39 is 11.4 Å². The number of benzene rings is 2. The van der Waals surface area contributed by atoms with E-state index in [0.717, 1.165) is 5.69 Å². The molecule has 2 heterocycles. The molecule has 0 aliphatic rings. The van der Waals surface area contributed by atoms with Crippen LogP contribution in [0.1, 0.15) is 5.69 Å². The number of aryl methyl sites for hydroxylation is 1. The van der Waals surface area contributed by atoms with Crippen molar-refractivity contribution in [3.8, 4) is 5.69 Å². The monoisotopic (exact) mass is 294 g/mol. The van der Waals surface area contributed by atoms with Crippen LogP contribution in [0.5, 0.6) is 0 Å². The van der Waals surface area contributed by atoms with Gasteiger partial charge < -0.3 is 4.42 Å². The Bertz CT molecular complexity index is 1060. The predicted octanol–water partition coefficient (Wildman–Crippen LogP) is 3.58. The first kappa shape index (κ1) is 12.8. The largest absolute Gasteiger partial charge is 0.422 e. The Morgan fingerprint density at radius 3 is 2.68 bits per heavy atom. The van der Waals surface area contributed by atoms with Gasteiger partial charge in [0, 0.05) is 11.5 Å². The summed E-state index contributed by atoms with van der Waals surface area (Å²) in [5.74, 6) is -0.447. The number of para-hydroxylation sites is 1. The van der Waals surface area contributed by atoms with Gasteiger partial charge in [0.2, 0.25) is 0 Å². The molecule has 4 rings (SSSR count). The molecule has 0 amide bonds. The molecule has 2 aromatic carbocycles. The Hall–Kier alpha value is -2.95. The van der Waals surface area contributed by atoms with Crippen LogP contribution in [0.4, 0.5) is 4.39 Å². The highest BCUT2D eigenvalue weighted by atomic mass is 19.1. The summed E-state index contributed by atoms with van der Waals surface area (Å²) in [7, 11) is 0. The van der Waals surface area contributed by atoms with Crippen LogP contribution in [0.15, 0.2) is 57.7 Å². The van der Waals surface area contributed by atoms with E-state index in [4.69, 9.17) is 4.42 Å². The first-order valence-corrected chi connectivity index (χ1v) is 6.82.